The summed E-state index contributed by atoms with van der Waals surface area (Å²) in [5.74, 6) is -2.47. The van der Waals surface area contributed by atoms with Crippen LogP contribution in [0.1, 0.15) is 56.3 Å². The van der Waals surface area contributed by atoms with E-state index in [4.69, 9.17) is 23.7 Å². The number of hydrogen-bond donors (Lipinski definition) is 2. The number of imide groups is 1. The molecule has 5 aliphatic carbocycles. The molecule has 1 aromatic rings. The number of aliphatic hydroxyl groups is 2. The second-order valence-electron chi connectivity index (χ2n) is 16.0. The average Bonchev–Trinajstić information content (AvgIpc) is 3.63. The van der Waals surface area contributed by atoms with Gasteiger partial charge in [0.2, 0.25) is 11.8 Å². The Morgan fingerprint density at radius 1 is 1.04 bits per heavy atom. The van der Waals surface area contributed by atoms with Crippen molar-refractivity contribution in [2.24, 2.45) is 40.4 Å². The van der Waals surface area contributed by atoms with Gasteiger partial charge in [0.15, 0.2) is 0 Å². The number of hydrogen-bond acceptors (Lipinski definition) is 11. The zero-order valence-electron chi connectivity index (χ0n) is 29.3. The van der Waals surface area contributed by atoms with Gasteiger partial charge < -0.3 is 33.9 Å². The number of rotatable bonds is 9. The molecule has 1 spiro atoms. The van der Waals surface area contributed by atoms with Crippen LogP contribution in [0.5, 0.6) is 0 Å². The molecule has 7 bridgehead atoms. The van der Waals surface area contributed by atoms with Gasteiger partial charge in [-0.15, -0.1) is 0 Å². The highest BCUT2D eigenvalue weighted by Crippen LogP contribution is 2.80. The minimum atomic E-state index is -1.70. The van der Waals surface area contributed by atoms with Crippen molar-refractivity contribution in [3.05, 3.63) is 29.8 Å². The number of carbonyl (C=O) groups is 3. The average molecular weight is 683 g/mol. The number of likely N-dealkylation sites (N-methyl/N-ethyl adjacent to an activating group) is 1. The number of methoxy groups -OCH3 is 4. The topological polar surface area (TPSA) is 144 Å². The van der Waals surface area contributed by atoms with Crippen molar-refractivity contribution in [2.45, 2.75) is 87.6 Å². The van der Waals surface area contributed by atoms with Crippen LogP contribution in [-0.2, 0) is 33.3 Å². The third kappa shape index (κ3) is 3.86. The van der Waals surface area contributed by atoms with Crippen LogP contribution in [0.25, 0.3) is 0 Å². The number of fused-ring (bicyclic) bond motifs is 2. The van der Waals surface area contributed by atoms with E-state index in [1.807, 2.05) is 0 Å². The van der Waals surface area contributed by atoms with Crippen molar-refractivity contribution in [3.8, 4) is 0 Å². The first-order valence-corrected chi connectivity index (χ1v) is 17.9. The standard InChI is InChI=1S/C37H50N2O10/c1-7-38-17-34(18-49-32(42)20-10-8-9-11-23(20)39-26(40)14-19(2)31(39)41)13-12-25(46-4)36-22-15-21-24(45-3)16-35(43,27(22)28(21)47-5)37(44,33(36)38)30(48-6)29(34)36/h8-11,19,21-22,24-25,27-30,33,43-44H,7,12-18H2,1-6H3/t19-,21-,22-,24+,25+,27-,28+,29-,30+,33+,34+,35-,36-,37-/m1/s1. The summed E-state index contributed by atoms with van der Waals surface area (Å²) in [6.45, 7) is 4.95. The number of amides is 2. The number of carbonyl (C=O) groups excluding carboxylic acids is 3. The molecule has 5 saturated carbocycles. The largest absolute Gasteiger partial charge is 0.461 e. The molecule has 2 aliphatic heterocycles. The second-order valence-corrected chi connectivity index (χ2v) is 16.0. The Labute approximate surface area is 287 Å². The third-order valence-corrected chi connectivity index (χ3v) is 14.5. The number of anilines is 1. The summed E-state index contributed by atoms with van der Waals surface area (Å²) < 4.78 is 31.4. The molecule has 1 aromatic carbocycles. The Bertz CT molecular complexity index is 1560. The highest BCUT2D eigenvalue weighted by atomic mass is 16.5. The molecular weight excluding hydrogens is 632 g/mol. The molecule has 268 valence electrons. The number of likely N-dealkylation sites (tertiary alicyclic amines) is 1. The van der Waals surface area contributed by atoms with Gasteiger partial charge >= 0.3 is 5.97 Å². The SMILES string of the molecule is CCN1C[C@]2(COC(=O)c3ccccc3N3C(=O)C[C@@H](C)C3=O)CC[C@H](OC)[C@]34[C@@H]5C[C@H]6[C@H](OC)[C@@H]5[C@](O)(C[C@@H]6OC)[C@@](O)([C@@H](OC)[C@H]23)[C@@H]14. The van der Waals surface area contributed by atoms with Crippen molar-refractivity contribution < 1.29 is 48.3 Å². The zero-order chi connectivity index (χ0) is 34.8. The summed E-state index contributed by atoms with van der Waals surface area (Å²) >= 11 is 0. The smallest absolute Gasteiger partial charge is 0.340 e. The molecule has 2 heterocycles. The van der Waals surface area contributed by atoms with Crippen LogP contribution < -0.4 is 4.90 Å². The first-order valence-electron chi connectivity index (χ1n) is 17.9. The lowest BCUT2D eigenvalue weighted by molar-refractivity contribution is -0.320. The van der Waals surface area contributed by atoms with E-state index in [1.54, 1.807) is 59.6 Å². The van der Waals surface area contributed by atoms with Gasteiger partial charge in [0.25, 0.3) is 0 Å². The Hall–Kier alpha value is -2.45. The molecule has 0 aromatic heterocycles. The van der Waals surface area contributed by atoms with E-state index in [9.17, 15) is 24.6 Å². The molecule has 8 rings (SSSR count). The summed E-state index contributed by atoms with van der Waals surface area (Å²) in [5.41, 5.74) is -4.17. The third-order valence-electron chi connectivity index (χ3n) is 14.5. The molecule has 12 heteroatoms. The Morgan fingerprint density at radius 3 is 2.43 bits per heavy atom. The number of nitrogens with zero attached hydrogens (tertiary/aromatic N) is 2. The van der Waals surface area contributed by atoms with E-state index >= 15 is 0 Å². The maximum atomic E-state index is 14.1. The number of para-hydroxylation sites is 1. The highest BCUT2D eigenvalue weighted by molar-refractivity contribution is 6.22. The minimum Gasteiger partial charge on any atom is -0.461 e. The molecular formula is C37H50N2O10. The fraction of sp³-hybridized carbons (Fsp3) is 0.757. The second kappa shape index (κ2) is 11.3. The fourth-order valence-electron chi connectivity index (χ4n) is 13.2. The number of ether oxygens (including phenoxy) is 5. The minimum absolute atomic E-state index is 0.0358. The summed E-state index contributed by atoms with van der Waals surface area (Å²) in [7, 11) is 6.70. The number of piperidine rings is 1. The number of esters is 1. The van der Waals surface area contributed by atoms with Crippen molar-refractivity contribution >= 4 is 23.5 Å². The molecule has 7 aliphatic rings. The molecule has 0 radical (unpaired) electrons. The first kappa shape index (κ1) is 33.7. The van der Waals surface area contributed by atoms with Crippen molar-refractivity contribution in [1.29, 1.82) is 0 Å². The van der Waals surface area contributed by atoms with Gasteiger partial charge in [-0.3, -0.25) is 14.5 Å². The highest BCUT2D eigenvalue weighted by Gasteiger charge is 2.91. The molecule has 2 N–H and O–H groups in total. The summed E-state index contributed by atoms with van der Waals surface area (Å²) in [6.07, 6.45) is 0.813. The van der Waals surface area contributed by atoms with Crippen molar-refractivity contribution in [3.63, 3.8) is 0 Å². The zero-order valence-corrected chi connectivity index (χ0v) is 29.3. The normalized spacial score (nSPS) is 48.0. The van der Waals surface area contributed by atoms with Crippen LogP contribution in [-0.4, -0.2) is 123 Å². The van der Waals surface area contributed by atoms with Crippen molar-refractivity contribution in [1.82, 2.24) is 4.90 Å². The Morgan fingerprint density at radius 2 is 1.80 bits per heavy atom. The van der Waals surface area contributed by atoms with Gasteiger partial charge in [-0.05, 0) is 43.9 Å². The van der Waals surface area contributed by atoms with Gasteiger partial charge in [-0.25, -0.2) is 9.69 Å². The van der Waals surface area contributed by atoms with Crippen LogP contribution in [0, 0.1) is 40.4 Å². The predicted octanol–water partition coefficient (Wildman–Crippen LogP) is 2.04. The Kier molecular flexibility index (Phi) is 7.75. The summed E-state index contributed by atoms with van der Waals surface area (Å²) in [6, 6.07) is 6.12. The first-order chi connectivity index (χ1) is 23.4. The van der Waals surface area contributed by atoms with E-state index in [1.165, 1.54) is 0 Å². The van der Waals surface area contributed by atoms with Gasteiger partial charge in [0, 0.05) is 82.3 Å². The van der Waals surface area contributed by atoms with Crippen molar-refractivity contribution in [2.75, 3.05) is 53.0 Å². The van der Waals surface area contributed by atoms with Crippen LogP contribution in [0.3, 0.4) is 0 Å². The van der Waals surface area contributed by atoms with Gasteiger partial charge in [0.05, 0.1) is 48.3 Å². The number of benzene rings is 1. The Balaban J connectivity index is 1.23. The lowest BCUT2D eigenvalue weighted by Gasteiger charge is -2.70. The lowest BCUT2D eigenvalue weighted by atomic mass is 9.42. The molecule has 12 nitrogen and oxygen atoms in total. The summed E-state index contributed by atoms with van der Waals surface area (Å²) in [4.78, 5) is 43.3. The maximum absolute atomic E-state index is 14.1. The van der Waals surface area contributed by atoms with E-state index in [2.05, 4.69) is 11.8 Å². The molecule has 2 saturated heterocycles. The lowest BCUT2D eigenvalue weighted by Crippen LogP contribution is -2.82. The van der Waals surface area contributed by atoms with Crippen LogP contribution >= 0.6 is 0 Å². The van der Waals surface area contributed by atoms with E-state index in [0.29, 0.717) is 25.9 Å². The van der Waals surface area contributed by atoms with Crippen LogP contribution in [0.4, 0.5) is 5.69 Å². The predicted molar refractivity (Wildman–Crippen MR) is 174 cm³/mol. The molecule has 14 atom stereocenters. The van der Waals surface area contributed by atoms with Crippen LogP contribution in [0.2, 0.25) is 0 Å². The van der Waals surface area contributed by atoms with Gasteiger partial charge in [-0.2, -0.15) is 0 Å². The fourth-order valence-corrected chi connectivity index (χ4v) is 13.2. The van der Waals surface area contributed by atoms with E-state index in [0.717, 1.165) is 11.3 Å². The van der Waals surface area contributed by atoms with E-state index in [-0.39, 0.29) is 84.5 Å². The molecule has 2 amide bonds. The van der Waals surface area contributed by atoms with Gasteiger partial charge in [0.1, 0.15) is 11.2 Å². The molecule has 49 heavy (non-hydrogen) atoms. The summed E-state index contributed by atoms with van der Waals surface area (Å²) in [5, 5.41) is 26.6. The quantitative estimate of drug-likeness (QED) is 0.292. The maximum Gasteiger partial charge on any atom is 0.340 e. The molecule has 0 unspecified atom stereocenters. The molecule has 7 fully saturated rings. The van der Waals surface area contributed by atoms with E-state index < -0.39 is 46.1 Å². The van der Waals surface area contributed by atoms with Crippen LogP contribution in [0.15, 0.2) is 24.3 Å². The monoisotopic (exact) mass is 682 g/mol. The van der Waals surface area contributed by atoms with Gasteiger partial charge in [-0.1, -0.05) is 26.0 Å².